The van der Waals surface area contributed by atoms with Gasteiger partial charge in [-0.2, -0.15) is 0 Å². The van der Waals surface area contributed by atoms with Gasteiger partial charge >= 0.3 is 0 Å². The molecule has 146 valence electrons. The van der Waals surface area contributed by atoms with Crippen LogP contribution in [-0.4, -0.2) is 58.5 Å². The first-order chi connectivity index (χ1) is 13.4. The van der Waals surface area contributed by atoms with E-state index < -0.39 is 11.4 Å². The van der Waals surface area contributed by atoms with E-state index in [1.807, 2.05) is 0 Å². The minimum absolute atomic E-state index is 0.103. The topological polar surface area (TPSA) is 60.9 Å². The van der Waals surface area contributed by atoms with Crippen LogP contribution in [0, 0.1) is 5.82 Å². The van der Waals surface area contributed by atoms with Crippen LogP contribution in [0.5, 0.6) is 0 Å². The third-order valence-electron chi connectivity index (χ3n) is 5.35. The van der Waals surface area contributed by atoms with Crippen LogP contribution >= 0.6 is 11.6 Å². The number of halogens is 2. The van der Waals surface area contributed by atoms with Crippen LogP contribution in [0.1, 0.15) is 23.2 Å². The Morgan fingerprint density at radius 1 is 0.964 bits per heavy atom. The molecule has 1 saturated heterocycles. The molecule has 1 saturated carbocycles. The Labute approximate surface area is 167 Å². The van der Waals surface area contributed by atoms with Crippen molar-refractivity contribution in [1.82, 2.24) is 9.80 Å². The van der Waals surface area contributed by atoms with Crippen LogP contribution in [0.2, 0.25) is 5.02 Å². The molecule has 0 unspecified atom stereocenters. The number of carbonyl (C=O) groups is 2. The predicted octanol–water partition coefficient (Wildman–Crippen LogP) is 2.96. The molecule has 4 rings (SSSR count). The summed E-state index contributed by atoms with van der Waals surface area (Å²) in [5.74, 6) is -0.721. The monoisotopic (exact) mass is 402 g/mol. The molecule has 1 heterocycles. The van der Waals surface area contributed by atoms with Crippen LogP contribution in [0.4, 0.5) is 4.39 Å². The van der Waals surface area contributed by atoms with E-state index in [1.165, 1.54) is 12.1 Å². The minimum atomic E-state index is -1.16. The van der Waals surface area contributed by atoms with Gasteiger partial charge in [0.1, 0.15) is 11.4 Å². The molecule has 0 radical (unpaired) electrons. The summed E-state index contributed by atoms with van der Waals surface area (Å²) in [6, 6.07) is 11.2. The first-order valence-corrected chi connectivity index (χ1v) is 9.62. The van der Waals surface area contributed by atoms with Crippen molar-refractivity contribution in [2.75, 3.05) is 26.2 Å². The lowest BCUT2D eigenvalue weighted by molar-refractivity contribution is -0.143. The molecule has 28 heavy (non-hydrogen) atoms. The lowest BCUT2D eigenvalue weighted by Crippen LogP contribution is -2.53. The van der Waals surface area contributed by atoms with Crippen molar-refractivity contribution in [3.8, 4) is 11.1 Å². The second-order valence-corrected chi connectivity index (χ2v) is 7.72. The number of piperazine rings is 1. The Balaban J connectivity index is 1.41. The van der Waals surface area contributed by atoms with E-state index >= 15 is 0 Å². The molecule has 2 aliphatic rings. The lowest BCUT2D eigenvalue weighted by Gasteiger charge is -2.35. The molecule has 1 aliphatic heterocycles. The standard InChI is InChI=1S/C21H20ClFN2O3/c22-18-13-16(23)5-6-17(18)14-1-3-15(4-2-14)19(26)24-9-11-25(12-10-24)20(27)21(28)7-8-21/h1-6,13,28H,7-12H2. The van der Waals surface area contributed by atoms with E-state index in [0.717, 1.165) is 5.56 Å². The van der Waals surface area contributed by atoms with Gasteiger partial charge < -0.3 is 14.9 Å². The normalized spacial score (nSPS) is 18.1. The third-order valence-corrected chi connectivity index (χ3v) is 5.66. The molecule has 0 spiro atoms. The quantitative estimate of drug-likeness (QED) is 0.858. The molecule has 2 amide bonds. The Bertz CT molecular complexity index is 920. The van der Waals surface area contributed by atoms with Crippen LogP contribution in [-0.2, 0) is 4.79 Å². The zero-order chi connectivity index (χ0) is 19.9. The van der Waals surface area contributed by atoms with Crippen molar-refractivity contribution in [2.24, 2.45) is 0 Å². The highest BCUT2D eigenvalue weighted by Crippen LogP contribution is 2.37. The molecule has 0 bridgehead atoms. The van der Waals surface area contributed by atoms with Crippen molar-refractivity contribution < 1.29 is 19.1 Å². The Morgan fingerprint density at radius 3 is 2.14 bits per heavy atom. The highest BCUT2D eigenvalue weighted by Gasteiger charge is 2.50. The molecule has 2 aromatic rings. The highest BCUT2D eigenvalue weighted by atomic mass is 35.5. The van der Waals surface area contributed by atoms with Gasteiger partial charge in [0.15, 0.2) is 0 Å². The van der Waals surface area contributed by atoms with Crippen LogP contribution in [0.3, 0.4) is 0 Å². The largest absolute Gasteiger partial charge is 0.380 e. The van der Waals surface area contributed by atoms with E-state index in [0.29, 0.717) is 55.2 Å². The molecule has 0 atom stereocenters. The number of hydrogen-bond acceptors (Lipinski definition) is 3. The average Bonchev–Trinajstić information content (AvgIpc) is 3.46. The maximum Gasteiger partial charge on any atom is 0.254 e. The zero-order valence-electron chi connectivity index (χ0n) is 15.2. The Hall–Kier alpha value is -2.44. The first-order valence-electron chi connectivity index (χ1n) is 9.24. The fourth-order valence-electron chi connectivity index (χ4n) is 3.44. The summed E-state index contributed by atoms with van der Waals surface area (Å²) in [6.07, 6.45) is 1.05. The molecular weight excluding hydrogens is 383 g/mol. The molecule has 2 aromatic carbocycles. The summed E-state index contributed by atoms with van der Waals surface area (Å²) < 4.78 is 13.2. The molecule has 1 N–H and O–H groups in total. The highest BCUT2D eigenvalue weighted by molar-refractivity contribution is 6.33. The van der Waals surface area contributed by atoms with E-state index in [4.69, 9.17) is 11.6 Å². The fourth-order valence-corrected chi connectivity index (χ4v) is 3.71. The van der Waals surface area contributed by atoms with Crippen molar-refractivity contribution >= 4 is 23.4 Å². The van der Waals surface area contributed by atoms with E-state index in [2.05, 4.69) is 0 Å². The third kappa shape index (κ3) is 3.62. The SMILES string of the molecule is O=C(c1ccc(-c2ccc(F)cc2Cl)cc1)N1CCN(C(=O)C2(O)CC2)CC1. The second-order valence-electron chi connectivity index (χ2n) is 7.32. The molecule has 1 aliphatic carbocycles. The summed E-state index contributed by atoms with van der Waals surface area (Å²) in [7, 11) is 0. The van der Waals surface area contributed by atoms with Gasteiger partial charge in [0.25, 0.3) is 11.8 Å². The Morgan fingerprint density at radius 2 is 1.57 bits per heavy atom. The van der Waals surface area contributed by atoms with Gasteiger partial charge in [-0.1, -0.05) is 23.7 Å². The summed E-state index contributed by atoms with van der Waals surface area (Å²) in [4.78, 5) is 28.3. The van der Waals surface area contributed by atoms with Crippen LogP contribution in [0.25, 0.3) is 11.1 Å². The van der Waals surface area contributed by atoms with Crippen molar-refractivity contribution in [3.63, 3.8) is 0 Å². The van der Waals surface area contributed by atoms with Gasteiger partial charge in [-0.05, 0) is 48.7 Å². The number of benzene rings is 2. The summed E-state index contributed by atoms with van der Waals surface area (Å²) in [6.45, 7) is 1.73. The van der Waals surface area contributed by atoms with Crippen LogP contribution in [0.15, 0.2) is 42.5 Å². The van der Waals surface area contributed by atoms with E-state index in [1.54, 1.807) is 40.1 Å². The number of amides is 2. The molecular formula is C21H20ClFN2O3. The number of rotatable bonds is 3. The van der Waals surface area contributed by atoms with Gasteiger partial charge in [0.2, 0.25) is 0 Å². The van der Waals surface area contributed by atoms with Gasteiger partial charge in [-0.15, -0.1) is 0 Å². The molecule has 0 aromatic heterocycles. The maximum atomic E-state index is 13.2. The summed E-state index contributed by atoms with van der Waals surface area (Å²) in [5, 5.41) is 10.3. The zero-order valence-corrected chi connectivity index (χ0v) is 16.0. The second kappa shape index (κ2) is 7.18. The average molecular weight is 403 g/mol. The van der Waals surface area contributed by atoms with Crippen LogP contribution < -0.4 is 0 Å². The van der Waals surface area contributed by atoms with Crippen molar-refractivity contribution in [2.45, 2.75) is 18.4 Å². The number of aliphatic hydroxyl groups is 1. The predicted molar refractivity (Wildman–Crippen MR) is 104 cm³/mol. The van der Waals surface area contributed by atoms with E-state index in [9.17, 15) is 19.1 Å². The minimum Gasteiger partial charge on any atom is -0.380 e. The summed E-state index contributed by atoms with van der Waals surface area (Å²) >= 11 is 6.10. The number of carbonyl (C=O) groups excluding carboxylic acids is 2. The molecule has 5 nitrogen and oxygen atoms in total. The smallest absolute Gasteiger partial charge is 0.254 e. The maximum absolute atomic E-state index is 13.2. The van der Waals surface area contributed by atoms with Gasteiger partial charge in [0.05, 0.1) is 5.02 Å². The van der Waals surface area contributed by atoms with Crippen molar-refractivity contribution in [1.29, 1.82) is 0 Å². The van der Waals surface area contributed by atoms with Gasteiger partial charge in [-0.3, -0.25) is 9.59 Å². The lowest BCUT2D eigenvalue weighted by atomic mass is 10.0. The fraction of sp³-hybridized carbons (Fsp3) is 0.333. The number of hydrogen-bond donors (Lipinski definition) is 1. The molecule has 2 fully saturated rings. The van der Waals surface area contributed by atoms with Gasteiger partial charge in [0, 0.05) is 37.3 Å². The first kappa shape index (κ1) is 18.9. The Kier molecular flexibility index (Phi) is 4.85. The number of nitrogens with zero attached hydrogens (tertiary/aromatic N) is 2. The van der Waals surface area contributed by atoms with Crippen molar-refractivity contribution in [3.05, 3.63) is 58.9 Å². The summed E-state index contributed by atoms with van der Waals surface area (Å²) in [5.41, 5.74) is 0.883. The van der Waals surface area contributed by atoms with Gasteiger partial charge in [-0.25, -0.2) is 4.39 Å². The van der Waals surface area contributed by atoms with E-state index in [-0.39, 0.29) is 11.8 Å². The molecule has 7 heteroatoms.